The Morgan fingerprint density at radius 3 is 2.35 bits per heavy atom. The summed E-state index contributed by atoms with van der Waals surface area (Å²) in [6, 6.07) is 0. The normalized spacial score (nSPS) is 15.4. The molecular formula is C15H25NO. The van der Waals surface area contributed by atoms with Crippen molar-refractivity contribution >= 4 is 6.21 Å². The van der Waals surface area contributed by atoms with Crippen molar-refractivity contribution in [1.29, 1.82) is 0 Å². The van der Waals surface area contributed by atoms with Crippen LogP contribution in [0.15, 0.2) is 39.7 Å². The third-order valence-electron chi connectivity index (χ3n) is 2.64. The number of aliphatic imine (C=N–C) groups is 1. The minimum atomic E-state index is 0.364. The van der Waals surface area contributed by atoms with E-state index < -0.39 is 0 Å². The quantitative estimate of drug-likeness (QED) is 0.394. The highest BCUT2D eigenvalue weighted by Gasteiger charge is 2.06. The molecule has 0 heterocycles. The second-order valence-electron chi connectivity index (χ2n) is 4.06. The van der Waals surface area contributed by atoms with Crippen molar-refractivity contribution in [2.45, 2.75) is 53.9 Å². The first kappa shape index (κ1) is 15.7. The van der Waals surface area contributed by atoms with Crippen LogP contribution in [0.5, 0.6) is 0 Å². The van der Waals surface area contributed by atoms with Crippen molar-refractivity contribution in [3.63, 3.8) is 0 Å². The molecule has 0 aliphatic carbocycles. The number of rotatable bonds is 6. The molecule has 2 heteroatoms. The molecule has 0 rings (SSSR count). The van der Waals surface area contributed by atoms with Crippen molar-refractivity contribution in [1.82, 2.24) is 0 Å². The van der Waals surface area contributed by atoms with Crippen LogP contribution in [0, 0.1) is 0 Å². The zero-order valence-corrected chi connectivity index (χ0v) is 11.7. The Labute approximate surface area is 105 Å². The average molecular weight is 235 g/mol. The maximum atomic E-state index is 10.2. The van der Waals surface area contributed by atoms with E-state index in [9.17, 15) is 5.11 Å². The Kier molecular flexibility index (Phi) is 8.12. The summed E-state index contributed by atoms with van der Waals surface area (Å²) < 4.78 is 0. The summed E-state index contributed by atoms with van der Waals surface area (Å²) in [5, 5.41) is 10.2. The number of nitrogens with zero attached hydrogens (tertiary/aromatic N) is 1. The maximum absolute atomic E-state index is 10.2. The van der Waals surface area contributed by atoms with E-state index in [2.05, 4.69) is 18.0 Å². The maximum Gasteiger partial charge on any atom is 0.123 e. The van der Waals surface area contributed by atoms with Gasteiger partial charge in [0.05, 0.1) is 0 Å². The molecule has 0 unspecified atom stereocenters. The van der Waals surface area contributed by atoms with Gasteiger partial charge in [0.1, 0.15) is 5.76 Å². The number of aliphatic hydroxyl groups excluding tert-OH is 1. The zero-order valence-electron chi connectivity index (χ0n) is 11.7. The Hall–Kier alpha value is -1.31. The minimum Gasteiger partial charge on any atom is -0.507 e. The van der Waals surface area contributed by atoms with Crippen molar-refractivity contribution in [2.75, 3.05) is 0 Å². The van der Waals surface area contributed by atoms with E-state index in [4.69, 9.17) is 0 Å². The van der Waals surface area contributed by atoms with Gasteiger partial charge in [-0.3, -0.25) is 4.99 Å². The molecule has 2 nitrogen and oxygen atoms in total. The van der Waals surface area contributed by atoms with Crippen LogP contribution in [0.4, 0.5) is 0 Å². The van der Waals surface area contributed by atoms with Crippen molar-refractivity contribution in [3.05, 3.63) is 34.8 Å². The van der Waals surface area contributed by atoms with Gasteiger partial charge in [-0.1, -0.05) is 32.4 Å². The fraction of sp³-hybridized carbons (Fsp3) is 0.533. The lowest BCUT2D eigenvalue weighted by molar-refractivity contribution is 0.416. The molecule has 0 aromatic carbocycles. The number of hydrogen-bond donors (Lipinski definition) is 1. The first-order chi connectivity index (χ1) is 8.08. The molecule has 0 saturated carbocycles. The molecule has 0 amide bonds. The molecule has 1 N–H and O–H groups in total. The van der Waals surface area contributed by atoms with E-state index in [1.807, 2.05) is 33.8 Å². The van der Waals surface area contributed by atoms with Gasteiger partial charge < -0.3 is 5.11 Å². The van der Waals surface area contributed by atoms with Crippen LogP contribution >= 0.6 is 0 Å². The smallest absolute Gasteiger partial charge is 0.123 e. The van der Waals surface area contributed by atoms with Gasteiger partial charge in [0.25, 0.3) is 0 Å². The van der Waals surface area contributed by atoms with E-state index in [0.29, 0.717) is 5.76 Å². The molecule has 0 aromatic rings. The van der Waals surface area contributed by atoms with Crippen molar-refractivity contribution in [3.8, 4) is 0 Å². The lowest BCUT2D eigenvalue weighted by atomic mass is 10.1. The van der Waals surface area contributed by atoms with E-state index in [-0.39, 0.29) is 0 Å². The highest BCUT2D eigenvalue weighted by atomic mass is 16.3. The van der Waals surface area contributed by atoms with Gasteiger partial charge in [0, 0.05) is 17.5 Å². The van der Waals surface area contributed by atoms with Crippen LogP contribution in [-0.2, 0) is 0 Å². The Morgan fingerprint density at radius 2 is 1.88 bits per heavy atom. The van der Waals surface area contributed by atoms with Gasteiger partial charge in [-0.2, -0.15) is 0 Å². The first-order valence-corrected chi connectivity index (χ1v) is 6.33. The van der Waals surface area contributed by atoms with Crippen LogP contribution in [0.3, 0.4) is 0 Å². The second-order valence-corrected chi connectivity index (χ2v) is 4.06. The molecule has 0 bridgehead atoms. The molecule has 0 spiro atoms. The SMILES string of the molecule is CC=N/C(C)=C(/C=C\CCC)C(\O)=C(/C)CC. The van der Waals surface area contributed by atoms with Gasteiger partial charge >= 0.3 is 0 Å². The standard InChI is InChI=1S/C15H25NO/c1-6-9-10-11-14(13(5)16-8-3)15(17)12(4)7-2/h8,10-11,17H,6-7,9H2,1-5H3/b11-10-,14-13-,15-12-,16-8?. The molecule has 0 atom stereocenters. The fourth-order valence-corrected chi connectivity index (χ4v) is 1.40. The summed E-state index contributed by atoms with van der Waals surface area (Å²) in [5.74, 6) is 0.364. The third kappa shape index (κ3) is 5.53. The van der Waals surface area contributed by atoms with E-state index in [0.717, 1.165) is 36.1 Å². The monoisotopic (exact) mass is 235 g/mol. The fourth-order valence-electron chi connectivity index (χ4n) is 1.40. The molecular weight excluding hydrogens is 210 g/mol. The van der Waals surface area contributed by atoms with Crippen LogP contribution in [0.2, 0.25) is 0 Å². The summed E-state index contributed by atoms with van der Waals surface area (Å²) in [6.07, 6.45) is 8.78. The van der Waals surface area contributed by atoms with E-state index >= 15 is 0 Å². The molecule has 0 radical (unpaired) electrons. The zero-order chi connectivity index (χ0) is 13.3. The van der Waals surface area contributed by atoms with E-state index in [1.165, 1.54) is 0 Å². The molecule has 0 saturated heterocycles. The molecule has 96 valence electrons. The number of allylic oxidation sites excluding steroid dienone is 4. The van der Waals surface area contributed by atoms with Gasteiger partial charge in [-0.05, 0) is 39.2 Å². The summed E-state index contributed by atoms with van der Waals surface area (Å²) >= 11 is 0. The highest BCUT2D eigenvalue weighted by Crippen LogP contribution is 2.20. The Balaban J connectivity index is 5.34. The van der Waals surface area contributed by atoms with Gasteiger partial charge in [-0.25, -0.2) is 0 Å². The second kappa shape index (κ2) is 8.80. The highest BCUT2D eigenvalue weighted by molar-refractivity contribution is 5.56. The lowest BCUT2D eigenvalue weighted by Crippen LogP contribution is -1.93. The van der Waals surface area contributed by atoms with E-state index in [1.54, 1.807) is 6.21 Å². The van der Waals surface area contributed by atoms with Crippen molar-refractivity contribution in [2.24, 2.45) is 4.99 Å². The average Bonchev–Trinajstić information content (AvgIpc) is 2.33. The number of hydrogen-bond acceptors (Lipinski definition) is 2. The first-order valence-electron chi connectivity index (χ1n) is 6.33. The summed E-state index contributed by atoms with van der Waals surface area (Å²) in [6.45, 7) is 9.93. The Bertz CT molecular complexity index is 346. The topological polar surface area (TPSA) is 32.6 Å². The molecule has 17 heavy (non-hydrogen) atoms. The van der Waals surface area contributed by atoms with Crippen LogP contribution < -0.4 is 0 Å². The van der Waals surface area contributed by atoms with Gasteiger partial charge in [-0.15, -0.1) is 0 Å². The van der Waals surface area contributed by atoms with Crippen molar-refractivity contribution < 1.29 is 5.11 Å². The third-order valence-corrected chi connectivity index (χ3v) is 2.64. The Morgan fingerprint density at radius 1 is 1.24 bits per heavy atom. The van der Waals surface area contributed by atoms with Crippen LogP contribution in [0.25, 0.3) is 0 Å². The summed E-state index contributed by atoms with van der Waals surface area (Å²) in [4.78, 5) is 4.25. The predicted octanol–water partition coefficient (Wildman–Crippen LogP) is 4.95. The van der Waals surface area contributed by atoms with Crippen LogP contribution in [-0.4, -0.2) is 11.3 Å². The molecule has 0 aliphatic rings. The predicted molar refractivity (Wildman–Crippen MR) is 76.5 cm³/mol. The van der Waals surface area contributed by atoms with Crippen LogP contribution in [0.1, 0.15) is 53.9 Å². The minimum absolute atomic E-state index is 0.364. The number of unbranched alkanes of at least 4 members (excludes halogenated alkanes) is 1. The molecule has 0 aromatic heterocycles. The largest absolute Gasteiger partial charge is 0.507 e. The lowest BCUT2D eigenvalue weighted by Gasteiger charge is -2.08. The number of aliphatic hydroxyl groups is 1. The molecule has 0 aliphatic heterocycles. The van der Waals surface area contributed by atoms with Gasteiger partial charge in [0.2, 0.25) is 0 Å². The molecule has 0 fully saturated rings. The summed E-state index contributed by atoms with van der Waals surface area (Å²) in [7, 11) is 0. The summed E-state index contributed by atoms with van der Waals surface area (Å²) in [5.41, 5.74) is 2.67. The van der Waals surface area contributed by atoms with Gasteiger partial charge in [0.15, 0.2) is 0 Å².